The average molecular weight is 228 g/mol. The predicted octanol–water partition coefficient (Wildman–Crippen LogP) is 2.11. The summed E-state index contributed by atoms with van der Waals surface area (Å²) in [6.07, 6.45) is -1.49. The molecular weight excluding hydrogens is 222 g/mol. The van der Waals surface area contributed by atoms with Crippen molar-refractivity contribution in [1.29, 1.82) is 0 Å². The molecule has 0 unspecified atom stereocenters. The average Bonchev–Trinajstić information content (AvgIpc) is 2.47. The predicted molar refractivity (Wildman–Crippen MR) is 49.3 cm³/mol. The Kier molecular flexibility index (Phi) is 2.26. The molecule has 0 saturated heterocycles. The van der Waals surface area contributed by atoms with Crippen LogP contribution in [0.15, 0.2) is 24.3 Å². The highest BCUT2D eigenvalue weighted by Gasteiger charge is 2.43. The second kappa shape index (κ2) is 3.48. The third kappa shape index (κ3) is 2.10. The summed E-state index contributed by atoms with van der Waals surface area (Å²) in [5.74, 6) is -1.31. The molecule has 4 nitrogen and oxygen atoms in total. The number of rotatable bonds is 2. The summed E-state index contributed by atoms with van der Waals surface area (Å²) in [6.45, 7) is 0. The van der Waals surface area contributed by atoms with E-state index in [1.807, 2.05) is 0 Å². The maximum absolute atomic E-state index is 12.6. The fourth-order valence-corrected chi connectivity index (χ4v) is 1.24. The van der Waals surface area contributed by atoms with Crippen LogP contribution in [-0.2, 0) is 4.79 Å². The molecule has 6 heteroatoms. The van der Waals surface area contributed by atoms with Crippen LogP contribution < -0.4 is 9.47 Å². The van der Waals surface area contributed by atoms with Gasteiger partial charge < -0.3 is 14.6 Å². The quantitative estimate of drug-likeness (QED) is 0.787. The third-order valence-electron chi connectivity index (χ3n) is 1.84. The molecule has 1 aromatic carbocycles. The van der Waals surface area contributed by atoms with E-state index in [-0.39, 0.29) is 11.5 Å². The number of hydrogen-bond donors (Lipinski definition) is 1. The van der Waals surface area contributed by atoms with Gasteiger partial charge >= 0.3 is 12.3 Å². The molecule has 0 atom stereocenters. The van der Waals surface area contributed by atoms with Gasteiger partial charge in [0.05, 0.1) is 0 Å². The van der Waals surface area contributed by atoms with Crippen molar-refractivity contribution in [2.45, 2.75) is 6.29 Å². The SMILES string of the molecule is O=C(O)/C=C/c1ccc2c(c1)OC(F)(F)O2. The molecule has 0 aromatic heterocycles. The van der Waals surface area contributed by atoms with Crippen LogP contribution in [0.1, 0.15) is 5.56 Å². The molecule has 1 aliphatic rings. The Bertz CT molecular complexity index is 468. The summed E-state index contributed by atoms with van der Waals surface area (Å²) in [5, 5.41) is 8.39. The first-order valence-electron chi connectivity index (χ1n) is 4.27. The summed E-state index contributed by atoms with van der Waals surface area (Å²) in [7, 11) is 0. The molecule has 0 fully saturated rings. The second-order valence-electron chi connectivity index (χ2n) is 3.05. The Labute approximate surface area is 88.7 Å². The van der Waals surface area contributed by atoms with Gasteiger partial charge in [0.15, 0.2) is 11.5 Å². The van der Waals surface area contributed by atoms with Crippen molar-refractivity contribution in [1.82, 2.24) is 0 Å². The zero-order valence-electron chi connectivity index (χ0n) is 7.81. The zero-order valence-corrected chi connectivity index (χ0v) is 7.81. The van der Waals surface area contributed by atoms with E-state index in [2.05, 4.69) is 9.47 Å². The molecule has 0 radical (unpaired) electrons. The lowest BCUT2D eigenvalue weighted by molar-refractivity contribution is -0.286. The van der Waals surface area contributed by atoms with E-state index in [0.29, 0.717) is 5.56 Å². The van der Waals surface area contributed by atoms with Crippen LogP contribution in [0, 0.1) is 0 Å². The topological polar surface area (TPSA) is 55.8 Å². The van der Waals surface area contributed by atoms with Crippen molar-refractivity contribution in [3.63, 3.8) is 0 Å². The highest BCUT2D eigenvalue weighted by atomic mass is 19.3. The lowest BCUT2D eigenvalue weighted by Gasteiger charge is -2.04. The Morgan fingerprint density at radius 1 is 1.31 bits per heavy atom. The molecule has 1 N–H and O–H groups in total. The lowest BCUT2D eigenvalue weighted by atomic mass is 10.2. The van der Waals surface area contributed by atoms with Crippen LogP contribution in [0.5, 0.6) is 11.5 Å². The minimum atomic E-state index is -3.66. The molecule has 0 spiro atoms. The fraction of sp³-hybridized carbons (Fsp3) is 0.100. The van der Waals surface area contributed by atoms with Gasteiger partial charge in [-0.3, -0.25) is 0 Å². The molecule has 2 rings (SSSR count). The number of ether oxygens (including phenoxy) is 2. The maximum Gasteiger partial charge on any atom is 0.586 e. The van der Waals surface area contributed by atoms with Crippen molar-refractivity contribution < 1.29 is 28.2 Å². The number of carboxylic acid groups (broad SMARTS) is 1. The van der Waals surface area contributed by atoms with E-state index in [0.717, 1.165) is 6.08 Å². The Morgan fingerprint density at radius 3 is 2.69 bits per heavy atom. The van der Waals surface area contributed by atoms with Gasteiger partial charge in [0.1, 0.15) is 0 Å². The highest BCUT2D eigenvalue weighted by molar-refractivity contribution is 5.85. The van der Waals surface area contributed by atoms with Crippen molar-refractivity contribution in [2.24, 2.45) is 0 Å². The molecule has 1 heterocycles. The number of carboxylic acids is 1. The van der Waals surface area contributed by atoms with Gasteiger partial charge in [0, 0.05) is 6.08 Å². The first kappa shape index (κ1) is 10.4. The van der Waals surface area contributed by atoms with Gasteiger partial charge in [-0.25, -0.2) is 4.79 Å². The summed E-state index contributed by atoms with van der Waals surface area (Å²) in [5.41, 5.74) is 0.433. The van der Waals surface area contributed by atoms with Crippen molar-refractivity contribution >= 4 is 12.0 Å². The molecular formula is C10H6F2O4. The van der Waals surface area contributed by atoms with Crippen LogP contribution in [0.4, 0.5) is 8.78 Å². The Morgan fingerprint density at radius 2 is 2.00 bits per heavy atom. The molecule has 0 bridgehead atoms. The molecule has 0 saturated carbocycles. The summed E-state index contributed by atoms with van der Waals surface area (Å²) in [4.78, 5) is 10.2. The largest absolute Gasteiger partial charge is 0.586 e. The summed E-state index contributed by atoms with van der Waals surface area (Å²) < 4.78 is 33.6. The van der Waals surface area contributed by atoms with Crippen molar-refractivity contribution in [3.8, 4) is 11.5 Å². The minimum absolute atomic E-state index is 0.0718. The number of alkyl halides is 2. The zero-order chi connectivity index (χ0) is 11.8. The van der Waals surface area contributed by atoms with Crippen LogP contribution in [0.2, 0.25) is 0 Å². The van der Waals surface area contributed by atoms with E-state index in [1.54, 1.807) is 0 Å². The second-order valence-corrected chi connectivity index (χ2v) is 3.05. The number of hydrogen-bond acceptors (Lipinski definition) is 3. The van der Waals surface area contributed by atoms with Gasteiger partial charge in [0.2, 0.25) is 0 Å². The molecule has 16 heavy (non-hydrogen) atoms. The van der Waals surface area contributed by atoms with Gasteiger partial charge in [-0.05, 0) is 23.8 Å². The number of carbonyl (C=O) groups is 1. The molecule has 0 aliphatic carbocycles. The van der Waals surface area contributed by atoms with Crippen LogP contribution in [0.25, 0.3) is 6.08 Å². The van der Waals surface area contributed by atoms with Gasteiger partial charge in [-0.1, -0.05) is 6.07 Å². The smallest absolute Gasteiger partial charge is 0.478 e. The van der Waals surface area contributed by atoms with E-state index in [9.17, 15) is 13.6 Å². The Balaban J connectivity index is 2.26. The molecule has 84 valence electrons. The summed E-state index contributed by atoms with van der Waals surface area (Å²) in [6, 6.07) is 4.01. The number of fused-ring (bicyclic) bond motifs is 1. The monoisotopic (exact) mass is 228 g/mol. The third-order valence-corrected chi connectivity index (χ3v) is 1.84. The van der Waals surface area contributed by atoms with E-state index in [4.69, 9.17) is 5.11 Å². The first-order chi connectivity index (χ1) is 7.46. The number of halogens is 2. The molecule has 1 aromatic rings. The summed E-state index contributed by atoms with van der Waals surface area (Å²) >= 11 is 0. The van der Waals surface area contributed by atoms with Crippen LogP contribution in [-0.4, -0.2) is 17.4 Å². The van der Waals surface area contributed by atoms with Crippen LogP contribution in [0.3, 0.4) is 0 Å². The van der Waals surface area contributed by atoms with Gasteiger partial charge in [-0.15, -0.1) is 8.78 Å². The number of aliphatic carboxylic acids is 1. The van der Waals surface area contributed by atoms with Gasteiger partial charge in [-0.2, -0.15) is 0 Å². The van der Waals surface area contributed by atoms with E-state index >= 15 is 0 Å². The van der Waals surface area contributed by atoms with Crippen molar-refractivity contribution in [3.05, 3.63) is 29.8 Å². The molecule has 0 amide bonds. The first-order valence-corrected chi connectivity index (χ1v) is 4.27. The highest BCUT2D eigenvalue weighted by Crippen LogP contribution is 2.41. The number of benzene rings is 1. The van der Waals surface area contributed by atoms with Crippen LogP contribution >= 0.6 is 0 Å². The van der Waals surface area contributed by atoms with E-state index < -0.39 is 12.3 Å². The van der Waals surface area contributed by atoms with Gasteiger partial charge in [0.25, 0.3) is 0 Å². The normalized spacial score (nSPS) is 16.6. The minimum Gasteiger partial charge on any atom is -0.478 e. The Hall–Kier alpha value is -2.11. The lowest BCUT2D eigenvalue weighted by Crippen LogP contribution is -2.25. The maximum atomic E-state index is 12.6. The standard InChI is InChI=1S/C10H6F2O4/c11-10(12)15-7-3-1-6(2-4-9(13)14)5-8(7)16-10/h1-5H,(H,13,14)/b4-2+. The van der Waals surface area contributed by atoms with Crippen molar-refractivity contribution in [2.75, 3.05) is 0 Å². The fourth-order valence-electron chi connectivity index (χ4n) is 1.24. The van der Waals surface area contributed by atoms with E-state index in [1.165, 1.54) is 24.3 Å². The molecule has 1 aliphatic heterocycles.